The number of hydrogen-bond donors (Lipinski definition) is 0. The van der Waals surface area contributed by atoms with Crippen molar-refractivity contribution in [2.24, 2.45) is 0 Å². The van der Waals surface area contributed by atoms with Crippen LogP contribution in [0.5, 0.6) is 0 Å². The Bertz CT molecular complexity index is 969. The number of halogens is 1. The van der Waals surface area contributed by atoms with Gasteiger partial charge in [-0.2, -0.15) is 0 Å². The second-order valence-electron chi connectivity index (χ2n) is 10.1. The van der Waals surface area contributed by atoms with Crippen molar-refractivity contribution in [3.8, 4) is 0 Å². The van der Waals surface area contributed by atoms with Crippen molar-refractivity contribution in [1.29, 1.82) is 0 Å². The molecular formula is C29H35BrO2Si. The molecule has 4 rings (SSSR count). The maximum atomic E-state index is 7.32. The summed E-state index contributed by atoms with van der Waals surface area (Å²) in [5.41, 5.74) is 1.22. The minimum atomic E-state index is -2.48. The van der Waals surface area contributed by atoms with Crippen LogP contribution < -0.4 is 10.4 Å². The predicted octanol–water partition coefficient (Wildman–Crippen LogP) is 6.85. The summed E-state index contributed by atoms with van der Waals surface area (Å²) < 4.78 is 14.7. The van der Waals surface area contributed by atoms with E-state index < -0.39 is 8.32 Å². The van der Waals surface area contributed by atoms with Crippen LogP contribution in [0.4, 0.5) is 0 Å². The third-order valence-electron chi connectivity index (χ3n) is 6.76. The lowest BCUT2D eigenvalue weighted by Crippen LogP contribution is -2.67. The van der Waals surface area contributed by atoms with Gasteiger partial charge in [-0.25, -0.2) is 0 Å². The van der Waals surface area contributed by atoms with E-state index in [1.807, 2.05) is 0 Å². The first-order valence-electron chi connectivity index (χ1n) is 12.0. The van der Waals surface area contributed by atoms with E-state index >= 15 is 0 Å². The van der Waals surface area contributed by atoms with E-state index in [9.17, 15) is 0 Å². The monoisotopic (exact) mass is 522 g/mol. The van der Waals surface area contributed by atoms with Gasteiger partial charge in [-0.3, -0.25) is 0 Å². The third-order valence-corrected chi connectivity index (χ3v) is 12.3. The zero-order chi connectivity index (χ0) is 23.3. The fraction of sp³-hybridized carbons (Fsp3) is 0.379. The highest BCUT2D eigenvalue weighted by molar-refractivity contribution is 9.10. The van der Waals surface area contributed by atoms with Crippen LogP contribution >= 0.6 is 15.9 Å². The van der Waals surface area contributed by atoms with E-state index in [-0.39, 0.29) is 11.1 Å². The van der Waals surface area contributed by atoms with Gasteiger partial charge in [0.2, 0.25) is 0 Å². The molecule has 0 aliphatic heterocycles. The molecule has 3 aromatic carbocycles. The molecule has 0 amide bonds. The van der Waals surface area contributed by atoms with E-state index in [0.717, 1.165) is 30.2 Å². The molecule has 2 nitrogen and oxygen atoms in total. The summed E-state index contributed by atoms with van der Waals surface area (Å²) in [4.78, 5) is 0. The normalized spacial score (nSPS) is 19.4. The molecule has 174 valence electrons. The largest absolute Gasteiger partial charge is 0.404 e. The predicted molar refractivity (Wildman–Crippen MR) is 144 cm³/mol. The summed E-state index contributed by atoms with van der Waals surface area (Å²) in [7, 11) is -2.48. The standard InChI is InChI=1S/C29H35BrO2Si/c1-29(2,3)33(27-13-6-4-7-14-27,28-15-8-5-9-16-28)32-26-19-17-25(18-20-26)31-22-23-11-10-12-24(30)21-23/h4-16,21,25-26H,17-20,22H2,1-3H3. The fourth-order valence-corrected chi connectivity index (χ4v) is 10.3. The molecule has 4 heteroatoms. The van der Waals surface area contributed by atoms with E-state index in [0.29, 0.717) is 12.7 Å². The molecule has 1 aliphatic rings. The Morgan fingerprint density at radius 3 is 1.82 bits per heavy atom. The average Bonchev–Trinajstić information content (AvgIpc) is 2.82. The second-order valence-corrected chi connectivity index (χ2v) is 15.3. The quantitative estimate of drug-likeness (QED) is 0.315. The van der Waals surface area contributed by atoms with Crippen LogP contribution in [0.3, 0.4) is 0 Å². The van der Waals surface area contributed by atoms with E-state index in [1.165, 1.54) is 15.9 Å². The van der Waals surface area contributed by atoms with Crippen LogP contribution in [0.1, 0.15) is 52.0 Å². The molecule has 0 radical (unpaired) electrons. The van der Waals surface area contributed by atoms with Crippen LogP contribution in [0.2, 0.25) is 5.04 Å². The van der Waals surface area contributed by atoms with Crippen LogP contribution in [-0.2, 0) is 15.8 Å². The van der Waals surface area contributed by atoms with Crippen molar-refractivity contribution < 1.29 is 9.16 Å². The van der Waals surface area contributed by atoms with Gasteiger partial charge in [0, 0.05) is 10.6 Å². The van der Waals surface area contributed by atoms with Crippen molar-refractivity contribution in [2.75, 3.05) is 0 Å². The van der Waals surface area contributed by atoms with Gasteiger partial charge in [0.15, 0.2) is 0 Å². The molecule has 1 saturated carbocycles. The lowest BCUT2D eigenvalue weighted by atomic mass is 9.95. The van der Waals surface area contributed by atoms with Crippen molar-refractivity contribution in [2.45, 2.75) is 70.3 Å². The van der Waals surface area contributed by atoms with Crippen molar-refractivity contribution in [3.05, 3.63) is 95.0 Å². The first-order chi connectivity index (χ1) is 15.9. The Morgan fingerprint density at radius 2 is 1.30 bits per heavy atom. The molecule has 0 bridgehead atoms. The molecule has 0 saturated heterocycles. The number of benzene rings is 3. The third kappa shape index (κ3) is 5.68. The summed E-state index contributed by atoms with van der Waals surface area (Å²) in [6.45, 7) is 7.73. The van der Waals surface area contributed by atoms with Gasteiger partial charge in [-0.15, -0.1) is 0 Å². The van der Waals surface area contributed by atoms with Crippen molar-refractivity contribution in [1.82, 2.24) is 0 Å². The summed E-state index contributed by atoms with van der Waals surface area (Å²) in [6.07, 6.45) is 4.78. The Balaban J connectivity index is 1.50. The maximum absolute atomic E-state index is 7.32. The van der Waals surface area contributed by atoms with Crippen molar-refractivity contribution >= 4 is 34.6 Å². The zero-order valence-electron chi connectivity index (χ0n) is 20.0. The molecule has 0 heterocycles. The summed E-state index contributed by atoms with van der Waals surface area (Å²) in [5, 5.41) is 2.73. The van der Waals surface area contributed by atoms with Gasteiger partial charge in [-0.05, 0) is 58.8 Å². The molecule has 1 fully saturated rings. The molecule has 3 aromatic rings. The SMILES string of the molecule is CC(C)(C)[Si](OC1CCC(OCc2cccc(Br)c2)CC1)(c1ccccc1)c1ccccc1. The van der Waals surface area contributed by atoms with E-state index in [2.05, 4.69) is 122 Å². The smallest absolute Gasteiger partial charge is 0.261 e. The second kappa shape index (κ2) is 10.7. The Morgan fingerprint density at radius 1 is 0.758 bits per heavy atom. The number of ether oxygens (including phenoxy) is 1. The minimum absolute atomic E-state index is 0.0176. The highest BCUT2D eigenvalue weighted by atomic mass is 79.9. The summed E-state index contributed by atoms with van der Waals surface area (Å²) in [5.74, 6) is 0. The Kier molecular flexibility index (Phi) is 7.90. The Hall–Kier alpha value is -1.72. The van der Waals surface area contributed by atoms with Gasteiger partial charge in [0.25, 0.3) is 8.32 Å². The Labute approximate surface area is 208 Å². The van der Waals surface area contributed by atoms with Gasteiger partial charge in [0.1, 0.15) is 0 Å². The average molecular weight is 524 g/mol. The molecular weight excluding hydrogens is 488 g/mol. The topological polar surface area (TPSA) is 18.5 Å². The van der Waals surface area contributed by atoms with Gasteiger partial charge >= 0.3 is 0 Å². The molecule has 0 aromatic heterocycles. The lowest BCUT2D eigenvalue weighted by Gasteiger charge is -2.46. The molecule has 1 aliphatic carbocycles. The summed E-state index contributed by atoms with van der Waals surface area (Å²) in [6, 6.07) is 30.3. The van der Waals surface area contributed by atoms with E-state index in [4.69, 9.17) is 9.16 Å². The maximum Gasteiger partial charge on any atom is 0.261 e. The van der Waals surface area contributed by atoms with Gasteiger partial charge in [-0.1, -0.05) is 109 Å². The summed E-state index contributed by atoms with van der Waals surface area (Å²) >= 11 is 3.55. The van der Waals surface area contributed by atoms with Gasteiger partial charge in [0.05, 0.1) is 12.7 Å². The number of hydrogen-bond acceptors (Lipinski definition) is 2. The minimum Gasteiger partial charge on any atom is -0.404 e. The van der Waals surface area contributed by atoms with Crippen molar-refractivity contribution in [3.63, 3.8) is 0 Å². The highest BCUT2D eigenvalue weighted by Gasteiger charge is 2.51. The molecule has 0 unspecified atom stereocenters. The highest BCUT2D eigenvalue weighted by Crippen LogP contribution is 2.39. The van der Waals surface area contributed by atoms with Crippen LogP contribution in [0.25, 0.3) is 0 Å². The first-order valence-corrected chi connectivity index (χ1v) is 14.7. The fourth-order valence-electron chi connectivity index (χ4n) is 5.10. The zero-order valence-corrected chi connectivity index (χ0v) is 22.6. The molecule has 0 N–H and O–H groups in total. The van der Waals surface area contributed by atoms with Crippen LogP contribution in [0.15, 0.2) is 89.4 Å². The molecule has 0 atom stereocenters. The first kappa shape index (κ1) is 24.4. The number of rotatable bonds is 7. The lowest BCUT2D eigenvalue weighted by molar-refractivity contribution is -0.00841. The van der Waals surface area contributed by atoms with Crippen LogP contribution in [-0.4, -0.2) is 20.5 Å². The molecule has 0 spiro atoms. The van der Waals surface area contributed by atoms with E-state index in [1.54, 1.807) is 0 Å². The van der Waals surface area contributed by atoms with Gasteiger partial charge < -0.3 is 9.16 Å². The molecule has 33 heavy (non-hydrogen) atoms. The van der Waals surface area contributed by atoms with Crippen LogP contribution in [0, 0.1) is 0 Å².